The van der Waals surface area contributed by atoms with Crippen molar-refractivity contribution < 1.29 is 14.6 Å². The van der Waals surface area contributed by atoms with Crippen LogP contribution < -0.4 is 4.74 Å². The SMILES string of the molecule is COc1c(C)cnc(CN2CC(CO)OCC2C)c1C. The minimum absolute atomic E-state index is 0.0624. The first-order valence-corrected chi connectivity index (χ1v) is 7.02. The van der Waals surface area contributed by atoms with E-state index < -0.39 is 0 Å². The topological polar surface area (TPSA) is 54.8 Å². The highest BCUT2D eigenvalue weighted by atomic mass is 16.5. The molecule has 5 nitrogen and oxygen atoms in total. The van der Waals surface area contributed by atoms with Gasteiger partial charge in [-0.15, -0.1) is 0 Å². The number of pyridine rings is 1. The Hall–Kier alpha value is -1.17. The zero-order chi connectivity index (χ0) is 14.7. The van der Waals surface area contributed by atoms with Crippen LogP contribution in [-0.2, 0) is 11.3 Å². The van der Waals surface area contributed by atoms with Crippen LogP contribution in [-0.4, -0.2) is 54.0 Å². The Morgan fingerprint density at radius 2 is 2.25 bits per heavy atom. The van der Waals surface area contributed by atoms with E-state index in [2.05, 4.69) is 16.8 Å². The summed E-state index contributed by atoms with van der Waals surface area (Å²) in [7, 11) is 1.69. The molecule has 1 N–H and O–H groups in total. The predicted molar refractivity (Wildman–Crippen MR) is 77.0 cm³/mol. The molecule has 1 aromatic heterocycles. The van der Waals surface area contributed by atoms with E-state index in [0.29, 0.717) is 12.6 Å². The zero-order valence-electron chi connectivity index (χ0n) is 12.7. The van der Waals surface area contributed by atoms with Gasteiger partial charge in [-0.25, -0.2) is 0 Å². The lowest BCUT2D eigenvalue weighted by molar-refractivity contribution is -0.0809. The van der Waals surface area contributed by atoms with Gasteiger partial charge in [-0.1, -0.05) is 0 Å². The average molecular weight is 280 g/mol. The van der Waals surface area contributed by atoms with Crippen molar-refractivity contribution in [3.05, 3.63) is 23.0 Å². The predicted octanol–water partition coefficient (Wildman–Crippen LogP) is 1.29. The molecule has 1 saturated heterocycles. The number of rotatable bonds is 4. The van der Waals surface area contributed by atoms with Crippen LogP contribution in [0.3, 0.4) is 0 Å². The third-order valence-electron chi connectivity index (χ3n) is 3.94. The molecule has 0 aromatic carbocycles. The Kier molecular flexibility index (Phi) is 4.96. The highest BCUT2D eigenvalue weighted by molar-refractivity contribution is 5.41. The molecule has 112 valence electrons. The number of morpholine rings is 1. The van der Waals surface area contributed by atoms with Gasteiger partial charge in [0.15, 0.2) is 0 Å². The van der Waals surface area contributed by atoms with Crippen molar-refractivity contribution >= 4 is 0 Å². The zero-order valence-corrected chi connectivity index (χ0v) is 12.7. The van der Waals surface area contributed by atoms with E-state index in [1.54, 1.807) is 7.11 Å². The first-order chi connectivity index (χ1) is 9.56. The van der Waals surface area contributed by atoms with Crippen molar-refractivity contribution in [1.82, 2.24) is 9.88 Å². The molecule has 5 heteroatoms. The van der Waals surface area contributed by atoms with Crippen LogP contribution in [0.25, 0.3) is 0 Å². The van der Waals surface area contributed by atoms with Crippen LogP contribution in [0.5, 0.6) is 5.75 Å². The Morgan fingerprint density at radius 3 is 2.90 bits per heavy atom. The second-order valence-electron chi connectivity index (χ2n) is 5.46. The molecular formula is C15H24N2O3. The van der Waals surface area contributed by atoms with Crippen molar-refractivity contribution in [3.8, 4) is 5.75 Å². The number of nitrogens with zero attached hydrogens (tertiary/aromatic N) is 2. The number of aliphatic hydroxyl groups excluding tert-OH is 1. The van der Waals surface area contributed by atoms with Gasteiger partial charge in [0.2, 0.25) is 0 Å². The van der Waals surface area contributed by atoms with E-state index in [9.17, 15) is 5.11 Å². The molecule has 1 fully saturated rings. The average Bonchev–Trinajstić information content (AvgIpc) is 2.44. The summed E-state index contributed by atoms with van der Waals surface area (Å²) < 4.78 is 11.0. The summed E-state index contributed by atoms with van der Waals surface area (Å²) in [4.78, 5) is 6.84. The van der Waals surface area contributed by atoms with Crippen LogP contribution in [0.2, 0.25) is 0 Å². The molecule has 0 spiro atoms. The number of hydrogen-bond acceptors (Lipinski definition) is 5. The number of methoxy groups -OCH3 is 1. The third kappa shape index (κ3) is 3.11. The molecule has 0 aliphatic carbocycles. The van der Waals surface area contributed by atoms with E-state index in [0.717, 1.165) is 35.7 Å². The Bertz CT molecular complexity index is 465. The van der Waals surface area contributed by atoms with Gasteiger partial charge >= 0.3 is 0 Å². The molecule has 2 rings (SSSR count). The standard InChI is InChI=1S/C15H24N2O3/c1-10-5-16-14(12(3)15(10)19-4)7-17-6-13(8-18)20-9-11(17)2/h5,11,13,18H,6-9H2,1-4H3. The fourth-order valence-electron chi connectivity index (χ4n) is 2.63. The van der Waals surface area contributed by atoms with Crippen LogP contribution >= 0.6 is 0 Å². The fraction of sp³-hybridized carbons (Fsp3) is 0.667. The Labute approximate surface area is 120 Å². The van der Waals surface area contributed by atoms with Crippen LogP contribution in [0.15, 0.2) is 6.20 Å². The molecule has 0 amide bonds. The van der Waals surface area contributed by atoms with Gasteiger partial charge in [-0.05, 0) is 20.8 Å². The molecule has 20 heavy (non-hydrogen) atoms. The minimum Gasteiger partial charge on any atom is -0.496 e. The normalized spacial score (nSPS) is 23.9. The Balaban J connectivity index is 2.16. The minimum atomic E-state index is -0.0983. The molecule has 1 aliphatic rings. The summed E-state index contributed by atoms with van der Waals surface area (Å²) in [6.07, 6.45) is 1.76. The molecule has 2 unspecified atom stereocenters. The largest absolute Gasteiger partial charge is 0.496 e. The summed E-state index contributed by atoms with van der Waals surface area (Å²) >= 11 is 0. The molecule has 2 heterocycles. The van der Waals surface area contributed by atoms with E-state index in [1.165, 1.54) is 0 Å². The van der Waals surface area contributed by atoms with Gasteiger partial charge < -0.3 is 14.6 Å². The molecule has 2 atom stereocenters. The second-order valence-corrected chi connectivity index (χ2v) is 5.46. The number of aromatic nitrogens is 1. The summed E-state index contributed by atoms with van der Waals surface area (Å²) in [5, 5.41) is 9.25. The van der Waals surface area contributed by atoms with Gasteiger partial charge in [-0.3, -0.25) is 9.88 Å². The summed E-state index contributed by atoms with van der Waals surface area (Å²) in [5.41, 5.74) is 3.17. The van der Waals surface area contributed by atoms with E-state index in [4.69, 9.17) is 9.47 Å². The number of ether oxygens (including phenoxy) is 2. The maximum Gasteiger partial charge on any atom is 0.128 e. The van der Waals surface area contributed by atoms with E-state index >= 15 is 0 Å². The third-order valence-corrected chi connectivity index (χ3v) is 3.94. The molecule has 1 aliphatic heterocycles. The van der Waals surface area contributed by atoms with Gasteiger partial charge in [0.25, 0.3) is 0 Å². The maximum absolute atomic E-state index is 9.25. The molecular weight excluding hydrogens is 256 g/mol. The molecule has 0 saturated carbocycles. The lowest BCUT2D eigenvalue weighted by Crippen LogP contribution is -2.49. The van der Waals surface area contributed by atoms with Crippen LogP contribution in [0, 0.1) is 13.8 Å². The summed E-state index contributed by atoms with van der Waals surface area (Å²) in [6.45, 7) is 8.37. The van der Waals surface area contributed by atoms with E-state index in [1.807, 2.05) is 20.0 Å². The smallest absolute Gasteiger partial charge is 0.128 e. The van der Waals surface area contributed by atoms with Crippen molar-refractivity contribution in [2.24, 2.45) is 0 Å². The number of aliphatic hydroxyl groups is 1. The van der Waals surface area contributed by atoms with Gasteiger partial charge in [0, 0.05) is 36.5 Å². The summed E-state index contributed by atoms with van der Waals surface area (Å²) in [6, 6.07) is 0.325. The monoisotopic (exact) mass is 280 g/mol. The number of hydrogen-bond donors (Lipinski definition) is 1. The van der Waals surface area contributed by atoms with Crippen molar-refractivity contribution in [2.45, 2.75) is 39.5 Å². The first kappa shape index (κ1) is 15.2. The quantitative estimate of drug-likeness (QED) is 0.900. The van der Waals surface area contributed by atoms with E-state index in [-0.39, 0.29) is 12.7 Å². The van der Waals surface area contributed by atoms with Crippen molar-refractivity contribution in [2.75, 3.05) is 26.9 Å². The second kappa shape index (κ2) is 6.52. The van der Waals surface area contributed by atoms with Crippen molar-refractivity contribution in [1.29, 1.82) is 0 Å². The van der Waals surface area contributed by atoms with Gasteiger partial charge in [0.05, 0.1) is 32.1 Å². The van der Waals surface area contributed by atoms with Gasteiger partial charge in [-0.2, -0.15) is 0 Å². The van der Waals surface area contributed by atoms with Gasteiger partial charge in [0.1, 0.15) is 5.75 Å². The first-order valence-electron chi connectivity index (χ1n) is 7.02. The van der Waals surface area contributed by atoms with Crippen LogP contribution in [0.4, 0.5) is 0 Å². The maximum atomic E-state index is 9.25. The van der Waals surface area contributed by atoms with Crippen molar-refractivity contribution in [3.63, 3.8) is 0 Å². The highest BCUT2D eigenvalue weighted by Crippen LogP contribution is 2.25. The fourth-order valence-corrected chi connectivity index (χ4v) is 2.63. The number of aryl methyl sites for hydroxylation is 1. The van der Waals surface area contributed by atoms with Crippen LogP contribution in [0.1, 0.15) is 23.7 Å². The lowest BCUT2D eigenvalue weighted by Gasteiger charge is -2.37. The lowest BCUT2D eigenvalue weighted by atomic mass is 10.1. The Morgan fingerprint density at radius 1 is 1.50 bits per heavy atom. The summed E-state index contributed by atoms with van der Waals surface area (Å²) in [5.74, 6) is 0.912. The molecule has 0 radical (unpaired) electrons. The highest BCUT2D eigenvalue weighted by Gasteiger charge is 2.26. The molecule has 1 aromatic rings. The molecule has 0 bridgehead atoms.